The van der Waals surface area contributed by atoms with E-state index >= 15 is 0 Å². The molecule has 5 nitrogen and oxygen atoms in total. The molecule has 0 atom stereocenters. The van der Waals surface area contributed by atoms with Gasteiger partial charge in [0.25, 0.3) is 0 Å². The second-order valence-electron chi connectivity index (χ2n) is 6.35. The predicted molar refractivity (Wildman–Crippen MR) is 112 cm³/mol. The molecule has 3 aromatic rings. The lowest BCUT2D eigenvalue weighted by atomic mass is 9.98. The van der Waals surface area contributed by atoms with Crippen LogP contribution < -0.4 is 10.5 Å². The van der Waals surface area contributed by atoms with E-state index in [0.717, 1.165) is 21.6 Å². The van der Waals surface area contributed by atoms with Crippen LogP contribution in [0.3, 0.4) is 0 Å². The van der Waals surface area contributed by atoms with Crippen LogP contribution in [0.2, 0.25) is 0 Å². The van der Waals surface area contributed by atoms with Crippen molar-refractivity contribution >= 4 is 32.7 Å². The Kier molecular flexibility index (Phi) is 5.22. The van der Waals surface area contributed by atoms with E-state index in [-0.39, 0.29) is 0 Å². The molecule has 3 rings (SSSR count). The quantitative estimate of drug-likeness (QED) is 0.611. The first-order chi connectivity index (χ1) is 12.8. The highest BCUT2D eigenvalue weighted by molar-refractivity contribution is 7.93. The minimum Gasteiger partial charge on any atom is -0.399 e. The third-order valence-corrected chi connectivity index (χ3v) is 6.87. The van der Waals surface area contributed by atoms with E-state index in [9.17, 15) is 13.7 Å². The largest absolute Gasteiger partial charge is 0.399 e. The van der Waals surface area contributed by atoms with Crippen molar-refractivity contribution in [2.45, 2.75) is 19.1 Å². The van der Waals surface area contributed by atoms with Crippen molar-refractivity contribution in [3.63, 3.8) is 0 Å². The number of thiophene rings is 1. The van der Waals surface area contributed by atoms with E-state index < -0.39 is 15.3 Å². The second kappa shape index (κ2) is 7.43. The number of nitrogens with zero attached hydrogens (tertiary/aromatic N) is 1. The number of rotatable bonds is 5. The third kappa shape index (κ3) is 3.97. The van der Waals surface area contributed by atoms with Crippen molar-refractivity contribution in [3.05, 3.63) is 59.5 Å². The molecule has 0 saturated heterocycles. The van der Waals surface area contributed by atoms with Crippen LogP contribution in [0.5, 0.6) is 0 Å². The van der Waals surface area contributed by atoms with Gasteiger partial charge in [0.1, 0.15) is 0 Å². The molecule has 0 radical (unpaired) electrons. The Balaban J connectivity index is 1.96. The number of benzene rings is 2. The van der Waals surface area contributed by atoms with Gasteiger partial charge in [-0.05, 0) is 54.6 Å². The number of nitriles is 1. The first-order valence-electron chi connectivity index (χ1n) is 8.31. The first-order valence-corrected chi connectivity index (χ1v) is 10.7. The molecular weight excluding hydrogens is 378 g/mol. The zero-order valence-corrected chi connectivity index (χ0v) is 16.6. The van der Waals surface area contributed by atoms with E-state index in [4.69, 9.17) is 5.73 Å². The molecule has 0 saturated carbocycles. The van der Waals surface area contributed by atoms with Crippen LogP contribution in [-0.4, -0.2) is 13.7 Å². The Bertz CT molecular complexity index is 1110. The van der Waals surface area contributed by atoms with Gasteiger partial charge in [-0.1, -0.05) is 24.3 Å². The fourth-order valence-electron chi connectivity index (χ4n) is 2.58. The fraction of sp³-hybridized carbons (Fsp3) is 0.150. The smallest absolute Gasteiger partial charge is 0.235 e. The van der Waals surface area contributed by atoms with Gasteiger partial charge in [-0.3, -0.25) is 4.72 Å². The average molecular weight is 398 g/mol. The van der Waals surface area contributed by atoms with Crippen molar-refractivity contribution in [2.24, 2.45) is 0 Å². The van der Waals surface area contributed by atoms with Gasteiger partial charge in [-0.25, -0.2) is 8.42 Å². The van der Waals surface area contributed by atoms with Crippen molar-refractivity contribution in [1.29, 1.82) is 5.26 Å². The first kappa shape index (κ1) is 19.0. The lowest BCUT2D eigenvalue weighted by Gasteiger charge is -2.12. The van der Waals surface area contributed by atoms with E-state index in [1.54, 1.807) is 38.1 Å². The van der Waals surface area contributed by atoms with Crippen molar-refractivity contribution in [3.8, 4) is 27.6 Å². The van der Waals surface area contributed by atoms with Gasteiger partial charge >= 0.3 is 0 Å². The minimum atomic E-state index is -3.41. The van der Waals surface area contributed by atoms with Crippen LogP contribution in [0.25, 0.3) is 21.6 Å². The lowest BCUT2D eigenvalue weighted by molar-refractivity contribution is 0.593. The van der Waals surface area contributed by atoms with Gasteiger partial charge in [0.2, 0.25) is 10.0 Å². The topological polar surface area (TPSA) is 96.0 Å². The van der Waals surface area contributed by atoms with Gasteiger partial charge in [0.05, 0.1) is 27.4 Å². The van der Waals surface area contributed by atoms with Gasteiger partial charge in [0, 0.05) is 11.3 Å². The van der Waals surface area contributed by atoms with Gasteiger partial charge in [-0.15, -0.1) is 11.3 Å². The van der Waals surface area contributed by atoms with E-state index in [0.29, 0.717) is 16.9 Å². The molecule has 0 aliphatic heterocycles. The van der Waals surface area contributed by atoms with Crippen LogP contribution in [0.1, 0.15) is 19.4 Å². The maximum atomic E-state index is 12.2. The molecule has 2 aromatic carbocycles. The summed E-state index contributed by atoms with van der Waals surface area (Å²) in [4.78, 5) is 0.846. The van der Waals surface area contributed by atoms with Gasteiger partial charge < -0.3 is 5.73 Å². The van der Waals surface area contributed by atoms with Crippen molar-refractivity contribution < 1.29 is 8.42 Å². The number of nitrogens with two attached hydrogens (primary N) is 1. The summed E-state index contributed by atoms with van der Waals surface area (Å²) in [6, 6.07) is 16.8. The highest BCUT2D eigenvalue weighted by atomic mass is 32.2. The Morgan fingerprint density at radius 3 is 2.37 bits per heavy atom. The molecule has 1 aromatic heterocycles. The summed E-state index contributed by atoms with van der Waals surface area (Å²) in [5, 5.41) is 10.7. The number of hydrogen-bond acceptors (Lipinski definition) is 5. The summed E-state index contributed by atoms with van der Waals surface area (Å²) in [6.07, 6.45) is 0. The molecule has 0 bridgehead atoms. The molecule has 0 aliphatic carbocycles. The van der Waals surface area contributed by atoms with Crippen LogP contribution in [0, 0.1) is 11.3 Å². The standard InChI is InChI=1S/C20H19N3O2S2/c1-13(2)27(24,25)23-19-9-10-26-20(19)15-5-3-14(4-6-15)18-11-17(22)8-7-16(18)12-21/h3-11,13,23H,22H2,1-2H3. The molecule has 7 heteroatoms. The molecule has 0 aliphatic rings. The Labute approximate surface area is 163 Å². The van der Waals surface area contributed by atoms with Gasteiger partial charge in [0.15, 0.2) is 0 Å². The molecule has 1 heterocycles. The number of nitrogen functional groups attached to an aromatic ring is 1. The molecule has 0 unspecified atom stereocenters. The Morgan fingerprint density at radius 2 is 1.74 bits per heavy atom. The Hall–Kier alpha value is -2.82. The summed E-state index contributed by atoms with van der Waals surface area (Å²) < 4.78 is 27.0. The highest BCUT2D eigenvalue weighted by Crippen LogP contribution is 2.36. The molecule has 0 amide bonds. The molecule has 0 fully saturated rings. The van der Waals surface area contributed by atoms with Gasteiger partial charge in [-0.2, -0.15) is 5.26 Å². The Morgan fingerprint density at radius 1 is 1.07 bits per heavy atom. The number of hydrogen-bond donors (Lipinski definition) is 2. The van der Waals surface area contributed by atoms with Crippen LogP contribution in [-0.2, 0) is 10.0 Å². The van der Waals surface area contributed by atoms with Crippen LogP contribution in [0.4, 0.5) is 11.4 Å². The monoisotopic (exact) mass is 397 g/mol. The number of anilines is 2. The fourth-order valence-corrected chi connectivity index (χ4v) is 4.22. The van der Waals surface area contributed by atoms with Crippen molar-refractivity contribution in [2.75, 3.05) is 10.5 Å². The lowest BCUT2D eigenvalue weighted by Crippen LogP contribution is -2.22. The summed E-state index contributed by atoms with van der Waals surface area (Å²) in [5.74, 6) is 0. The number of nitrogens with one attached hydrogen (secondary N) is 1. The SMILES string of the molecule is CC(C)S(=O)(=O)Nc1ccsc1-c1ccc(-c2cc(N)ccc2C#N)cc1. The molecular formula is C20H19N3O2S2. The predicted octanol–water partition coefficient (Wildman–Crippen LogP) is 4.69. The molecule has 138 valence electrons. The van der Waals surface area contributed by atoms with E-state index in [2.05, 4.69) is 10.8 Å². The maximum Gasteiger partial charge on any atom is 0.235 e. The van der Waals surface area contributed by atoms with E-state index in [1.807, 2.05) is 29.6 Å². The van der Waals surface area contributed by atoms with E-state index in [1.165, 1.54) is 11.3 Å². The van der Waals surface area contributed by atoms with Crippen LogP contribution >= 0.6 is 11.3 Å². The van der Waals surface area contributed by atoms with Crippen LogP contribution in [0.15, 0.2) is 53.9 Å². The third-order valence-electron chi connectivity index (χ3n) is 4.16. The highest BCUT2D eigenvalue weighted by Gasteiger charge is 2.18. The summed E-state index contributed by atoms with van der Waals surface area (Å²) >= 11 is 1.47. The molecule has 27 heavy (non-hydrogen) atoms. The molecule has 0 spiro atoms. The zero-order valence-electron chi connectivity index (χ0n) is 14.9. The maximum absolute atomic E-state index is 12.2. The molecule has 3 N–H and O–H groups in total. The second-order valence-corrected chi connectivity index (χ2v) is 9.51. The summed E-state index contributed by atoms with van der Waals surface area (Å²) in [6.45, 7) is 3.28. The normalized spacial score (nSPS) is 11.3. The zero-order chi connectivity index (χ0) is 19.6. The summed E-state index contributed by atoms with van der Waals surface area (Å²) in [5.41, 5.74) is 10.1. The minimum absolute atomic E-state index is 0.513. The van der Waals surface area contributed by atoms with Crippen molar-refractivity contribution in [1.82, 2.24) is 0 Å². The average Bonchev–Trinajstić information content (AvgIpc) is 3.09. The number of sulfonamides is 1. The summed E-state index contributed by atoms with van der Waals surface area (Å²) in [7, 11) is -3.41.